The number of hydrogen-bond acceptors (Lipinski definition) is 1. The second kappa shape index (κ2) is 2.86. The van der Waals surface area contributed by atoms with Crippen LogP contribution >= 0.6 is 0 Å². The van der Waals surface area contributed by atoms with Gasteiger partial charge in [0.2, 0.25) is 0 Å². The van der Waals surface area contributed by atoms with Crippen LogP contribution in [0.4, 0.5) is 4.39 Å². The average molecular weight is 155 g/mol. The summed E-state index contributed by atoms with van der Waals surface area (Å²) in [6.07, 6.45) is 0. The van der Waals surface area contributed by atoms with Crippen molar-refractivity contribution < 1.29 is 4.39 Å². The van der Waals surface area contributed by atoms with Crippen LogP contribution in [0.3, 0.4) is 0 Å². The normalized spacial score (nSPS) is 10.1. The number of halogens is 1. The van der Waals surface area contributed by atoms with Crippen LogP contribution < -0.4 is 5.56 Å². The molecule has 2 nitrogen and oxygen atoms in total. The lowest BCUT2D eigenvalue weighted by atomic mass is 10.2. The van der Waals surface area contributed by atoms with Gasteiger partial charge in [-0.3, -0.25) is 4.79 Å². The van der Waals surface area contributed by atoms with Crippen LogP contribution in [0.1, 0.15) is 16.8 Å². The largest absolute Gasteiger partial charge is 0.323 e. The van der Waals surface area contributed by atoms with Crippen molar-refractivity contribution in [3.63, 3.8) is 0 Å². The number of rotatable bonds is 1. The predicted molar refractivity (Wildman–Crippen MR) is 41.3 cm³/mol. The molecule has 0 bridgehead atoms. The topological polar surface area (TPSA) is 32.9 Å². The van der Waals surface area contributed by atoms with E-state index in [0.717, 1.165) is 5.56 Å². The van der Waals surface area contributed by atoms with Crippen molar-refractivity contribution in [2.45, 2.75) is 20.5 Å². The Morgan fingerprint density at radius 3 is 2.64 bits per heavy atom. The zero-order chi connectivity index (χ0) is 8.43. The van der Waals surface area contributed by atoms with Crippen LogP contribution in [0.15, 0.2) is 10.9 Å². The zero-order valence-corrected chi connectivity index (χ0v) is 6.57. The van der Waals surface area contributed by atoms with Crippen LogP contribution in [0.5, 0.6) is 0 Å². The highest BCUT2D eigenvalue weighted by Crippen LogP contribution is 2.04. The predicted octanol–water partition coefficient (Wildman–Crippen LogP) is 1.46. The van der Waals surface area contributed by atoms with Gasteiger partial charge in [-0.15, -0.1) is 0 Å². The van der Waals surface area contributed by atoms with Crippen molar-refractivity contribution in [1.82, 2.24) is 4.98 Å². The van der Waals surface area contributed by atoms with Crippen LogP contribution in [-0.2, 0) is 6.67 Å². The van der Waals surface area contributed by atoms with E-state index in [1.165, 1.54) is 0 Å². The van der Waals surface area contributed by atoms with E-state index in [4.69, 9.17) is 0 Å². The molecule has 0 spiro atoms. The third-order valence-corrected chi connectivity index (χ3v) is 1.67. The van der Waals surface area contributed by atoms with E-state index in [2.05, 4.69) is 4.98 Å². The summed E-state index contributed by atoms with van der Waals surface area (Å²) < 4.78 is 12.1. The van der Waals surface area contributed by atoms with Gasteiger partial charge < -0.3 is 4.98 Å². The lowest BCUT2D eigenvalue weighted by Gasteiger charge is -2.00. The molecule has 0 aliphatic heterocycles. The lowest BCUT2D eigenvalue weighted by molar-refractivity contribution is 0.473. The first-order valence-corrected chi connectivity index (χ1v) is 3.40. The van der Waals surface area contributed by atoms with Crippen LogP contribution in [-0.4, -0.2) is 4.98 Å². The fourth-order valence-corrected chi connectivity index (χ4v) is 0.950. The standard InChI is InChI=1S/C8H10FNO/c1-5-3-6(2)8(11)10-7(5)4-9/h3H,4H2,1-2H3,(H,10,11). The fourth-order valence-electron chi connectivity index (χ4n) is 0.950. The molecule has 0 aliphatic carbocycles. The molecule has 0 fully saturated rings. The molecule has 0 amide bonds. The maximum atomic E-state index is 12.1. The highest BCUT2D eigenvalue weighted by molar-refractivity contribution is 5.22. The van der Waals surface area contributed by atoms with Gasteiger partial charge in [-0.2, -0.15) is 0 Å². The number of H-pyrrole nitrogens is 1. The second-order valence-electron chi connectivity index (χ2n) is 2.58. The molecule has 0 radical (unpaired) electrons. The number of aromatic nitrogens is 1. The summed E-state index contributed by atoms with van der Waals surface area (Å²) in [4.78, 5) is 13.4. The van der Waals surface area contributed by atoms with Gasteiger partial charge in [0.1, 0.15) is 6.67 Å². The zero-order valence-electron chi connectivity index (χ0n) is 6.57. The highest BCUT2D eigenvalue weighted by atomic mass is 19.1. The average Bonchev–Trinajstić information content (AvgIpc) is 1.97. The molecule has 11 heavy (non-hydrogen) atoms. The summed E-state index contributed by atoms with van der Waals surface area (Å²) in [6, 6.07) is 1.69. The van der Waals surface area contributed by atoms with Crippen molar-refractivity contribution in [2.24, 2.45) is 0 Å². The molecule has 0 saturated carbocycles. The summed E-state index contributed by atoms with van der Waals surface area (Å²) in [7, 11) is 0. The Hall–Kier alpha value is -1.12. The molecule has 0 aromatic carbocycles. The van der Waals surface area contributed by atoms with E-state index in [1.54, 1.807) is 19.9 Å². The third-order valence-electron chi connectivity index (χ3n) is 1.67. The van der Waals surface area contributed by atoms with E-state index >= 15 is 0 Å². The maximum Gasteiger partial charge on any atom is 0.251 e. The minimum absolute atomic E-state index is 0.205. The molecule has 0 saturated heterocycles. The van der Waals surface area contributed by atoms with E-state index in [-0.39, 0.29) is 5.56 Å². The monoisotopic (exact) mass is 155 g/mol. The number of aryl methyl sites for hydroxylation is 2. The smallest absolute Gasteiger partial charge is 0.251 e. The molecule has 1 aromatic rings. The van der Waals surface area contributed by atoms with Gasteiger partial charge in [0, 0.05) is 5.56 Å². The molecule has 0 atom stereocenters. The van der Waals surface area contributed by atoms with Crippen LogP contribution in [0.25, 0.3) is 0 Å². The Kier molecular flexibility index (Phi) is 2.08. The Morgan fingerprint density at radius 1 is 1.45 bits per heavy atom. The van der Waals surface area contributed by atoms with E-state index in [9.17, 15) is 9.18 Å². The molecular weight excluding hydrogens is 145 g/mol. The first-order valence-electron chi connectivity index (χ1n) is 3.40. The third kappa shape index (κ3) is 1.48. The van der Waals surface area contributed by atoms with Gasteiger partial charge in [0.15, 0.2) is 0 Å². The van der Waals surface area contributed by atoms with E-state index in [0.29, 0.717) is 11.3 Å². The van der Waals surface area contributed by atoms with E-state index < -0.39 is 6.67 Å². The first-order chi connectivity index (χ1) is 5.15. The summed E-state index contributed by atoms with van der Waals surface area (Å²) >= 11 is 0. The Bertz CT molecular complexity index is 316. The molecule has 0 aliphatic rings. The summed E-state index contributed by atoms with van der Waals surface area (Å²) in [5.41, 5.74) is 1.59. The Balaban J connectivity index is 3.32. The second-order valence-corrected chi connectivity index (χ2v) is 2.58. The summed E-state index contributed by atoms with van der Waals surface area (Å²) in [5.74, 6) is 0. The van der Waals surface area contributed by atoms with E-state index in [1.807, 2.05) is 0 Å². The van der Waals surface area contributed by atoms with Crippen molar-refractivity contribution >= 4 is 0 Å². The van der Waals surface area contributed by atoms with Gasteiger partial charge >= 0.3 is 0 Å². The van der Waals surface area contributed by atoms with Crippen molar-refractivity contribution in [1.29, 1.82) is 0 Å². The quantitative estimate of drug-likeness (QED) is 0.654. The Labute approximate surface area is 64.1 Å². The number of aromatic amines is 1. The van der Waals surface area contributed by atoms with Crippen molar-refractivity contribution in [2.75, 3.05) is 0 Å². The maximum absolute atomic E-state index is 12.1. The first kappa shape index (κ1) is 7.98. The molecule has 60 valence electrons. The fraction of sp³-hybridized carbons (Fsp3) is 0.375. The molecule has 1 N–H and O–H groups in total. The number of alkyl halides is 1. The highest BCUT2D eigenvalue weighted by Gasteiger charge is 2.00. The van der Waals surface area contributed by atoms with Crippen molar-refractivity contribution in [3.8, 4) is 0 Å². The number of nitrogens with one attached hydrogen (secondary N) is 1. The number of pyridine rings is 1. The molecule has 1 rings (SSSR count). The molecular formula is C8H10FNO. The molecule has 1 heterocycles. The molecule has 1 aromatic heterocycles. The number of hydrogen-bond donors (Lipinski definition) is 1. The van der Waals surface area contributed by atoms with Crippen LogP contribution in [0, 0.1) is 13.8 Å². The SMILES string of the molecule is Cc1cc(C)c(=O)[nH]c1CF. The molecule has 0 unspecified atom stereocenters. The lowest BCUT2D eigenvalue weighted by Crippen LogP contribution is -2.12. The van der Waals surface area contributed by atoms with Crippen LogP contribution in [0.2, 0.25) is 0 Å². The minimum atomic E-state index is -0.610. The van der Waals surface area contributed by atoms with Crippen molar-refractivity contribution in [3.05, 3.63) is 33.2 Å². The minimum Gasteiger partial charge on any atom is -0.323 e. The summed E-state index contributed by atoms with van der Waals surface area (Å²) in [5, 5.41) is 0. The van der Waals surface area contributed by atoms with Gasteiger partial charge in [-0.05, 0) is 25.5 Å². The van der Waals surface area contributed by atoms with Gasteiger partial charge in [0.25, 0.3) is 5.56 Å². The Morgan fingerprint density at radius 2 is 2.09 bits per heavy atom. The van der Waals surface area contributed by atoms with Gasteiger partial charge in [-0.1, -0.05) is 0 Å². The van der Waals surface area contributed by atoms with Gasteiger partial charge in [-0.25, -0.2) is 4.39 Å². The summed E-state index contributed by atoms with van der Waals surface area (Å²) in [6.45, 7) is 2.87. The van der Waals surface area contributed by atoms with Gasteiger partial charge in [0.05, 0.1) is 5.69 Å². The molecule has 3 heteroatoms.